The molecule has 0 saturated carbocycles. The summed E-state index contributed by atoms with van der Waals surface area (Å²) in [5.74, 6) is 0.359. The van der Waals surface area contributed by atoms with Gasteiger partial charge < -0.3 is 31.0 Å². The average molecular weight is 454 g/mol. The highest BCUT2D eigenvalue weighted by atomic mass is 16.5. The second-order valence-electron chi connectivity index (χ2n) is 8.85. The van der Waals surface area contributed by atoms with Gasteiger partial charge in [-0.05, 0) is 31.7 Å². The lowest BCUT2D eigenvalue weighted by molar-refractivity contribution is -0.135. The fourth-order valence-electron chi connectivity index (χ4n) is 4.88. The number of anilines is 1. The molecule has 176 valence electrons. The quantitative estimate of drug-likeness (QED) is 0.493. The molecule has 33 heavy (non-hydrogen) atoms. The van der Waals surface area contributed by atoms with E-state index in [2.05, 4.69) is 25.3 Å². The first-order valence-corrected chi connectivity index (χ1v) is 11.5. The molecule has 0 radical (unpaired) electrons. The number of ether oxygens (including phenoxy) is 1. The molecule has 11 heteroatoms. The summed E-state index contributed by atoms with van der Waals surface area (Å²) in [6, 6.07) is 2.11. The Morgan fingerprint density at radius 3 is 2.79 bits per heavy atom. The molecule has 0 spiro atoms. The molecule has 3 aromatic rings. The van der Waals surface area contributed by atoms with E-state index in [-0.39, 0.29) is 18.2 Å². The van der Waals surface area contributed by atoms with Crippen molar-refractivity contribution in [3.8, 4) is 11.3 Å². The first-order valence-electron chi connectivity index (χ1n) is 11.5. The lowest BCUT2D eigenvalue weighted by Gasteiger charge is -2.32. The number of rotatable bonds is 6. The van der Waals surface area contributed by atoms with E-state index in [1.807, 2.05) is 30.1 Å². The van der Waals surface area contributed by atoms with Gasteiger partial charge in [0.15, 0.2) is 0 Å². The molecule has 5 rings (SSSR count). The standard InChI is InChI=1S/C22H31N9O2/c1-29-8-6-16(28-29)15-12-31(21-19(15)20(24)25-13-26-21)18-3-2-17(33-18)22(32)27-14-4-9-30(10-5-14)11-7-23/h6,8,12-14,17-18H,2-5,7,9-11,23H2,1H3,(H,27,32)(H2,24,25,26). The number of hydrogen-bond acceptors (Lipinski definition) is 8. The van der Waals surface area contributed by atoms with E-state index >= 15 is 0 Å². The second kappa shape index (κ2) is 9.08. The zero-order valence-corrected chi connectivity index (χ0v) is 18.9. The lowest BCUT2D eigenvalue weighted by Crippen LogP contribution is -2.48. The van der Waals surface area contributed by atoms with Crippen molar-refractivity contribution in [1.29, 1.82) is 0 Å². The van der Waals surface area contributed by atoms with E-state index in [1.54, 1.807) is 4.68 Å². The van der Waals surface area contributed by atoms with Gasteiger partial charge in [0.2, 0.25) is 5.91 Å². The summed E-state index contributed by atoms with van der Waals surface area (Å²) in [5.41, 5.74) is 14.2. The predicted octanol–water partition coefficient (Wildman–Crippen LogP) is 0.631. The summed E-state index contributed by atoms with van der Waals surface area (Å²) in [4.78, 5) is 23.9. The normalized spacial score (nSPS) is 22.2. The van der Waals surface area contributed by atoms with Crippen LogP contribution in [0.4, 0.5) is 5.82 Å². The Balaban J connectivity index is 1.30. The Morgan fingerprint density at radius 1 is 1.24 bits per heavy atom. The van der Waals surface area contributed by atoms with Crippen LogP contribution in [0.25, 0.3) is 22.3 Å². The van der Waals surface area contributed by atoms with Gasteiger partial charge in [-0.2, -0.15) is 5.10 Å². The van der Waals surface area contributed by atoms with E-state index < -0.39 is 6.10 Å². The molecule has 5 heterocycles. The maximum Gasteiger partial charge on any atom is 0.249 e. The van der Waals surface area contributed by atoms with Gasteiger partial charge in [0.1, 0.15) is 30.1 Å². The number of aryl methyl sites for hydroxylation is 1. The third kappa shape index (κ3) is 4.31. The van der Waals surface area contributed by atoms with Gasteiger partial charge in [-0.3, -0.25) is 9.48 Å². The van der Waals surface area contributed by atoms with Crippen LogP contribution >= 0.6 is 0 Å². The fraction of sp³-hybridized carbons (Fsp3) is 0.545. The summed E-state index contributed by atoms with van der Waals surface area (Å²) in [7, 11) is 1.87. The van der Waals surface area contributed by atoms with Crippen LogP contribution in [0.3, 0.4) is 0 Å². The highest BCUT2D eigenvalue weighted by molar-refractivity contribution is 5.99. The molecule has 0 aliphatic carbocycles. The number of nitrogen functional groups attached to an aromatic ring is 1. The molecular weight excluding hydrogens is 422 g/mol. The van der Waals surface area contributed by atoms with Gasteiger partial charge in [0.25, 0.3) is 0 Å². The van der Waals surface area contributed by atoms with Crippen molar-refractivity contribution < 1.29 is 9.53 Å². The van der Waals surface area contributed by atoms with Crippen molar-refractivity contribution in [2.24, 2.45) is 12.8 Å². The first kappa shape index (κ1) is 21.8. The number of nitrogens with zero attached hydrogens (tertiary/aromatic N) is 6. The molecule has 11 nitrogen and oxygen atoms in total. The molecule has 2 saturated heterocycles. The maximum absolute atomic E-state index is 12.9. The minimum absolute atomic E-state index is 0.0367. The molecule has 2 aliphatic rings. The number of amides is 1. The van der Waals surface area contributed by atoms with Crippen molar-refractivity contribution in [2.75, 3.05) is 31.9 Å². The third-order valence-corrected chi connectivity index (χ3v) is 6.61. The predicted molar refractivity (Wildman–Crippen MR) is 124 cm³/mol. The van der Waals surface area contributed by atoms with Crippen molar-refractivity contribution in [1.82, 2.24) is 34.5 Å². The largest absolute Gasteiger partial charge is 0.383 e. The molecule has 0 bridgehead atoms. The van der Waals surface area contributed by atoms with E-state index in [1.165, 1.54) is 6.33 Å². The van der Waals surface area contributed by atoms with Crippen LogP contribution in [-0.2, 0) is 16.6 Å². The number of likely N-dealkylation sites (tertiary alicyclic amines) is 1. The van der Waals surface area contributed by atoms with Crippen LogP contribution in [0.1, 0.15) is 31.9 Å². The fourth-order valence-corrected chi connectivity index (χ4v) is 4.88. The van der Waals surface area contributed by atoms with E-state index in [0.29, 0.717) is 30.9 Å². The maximum atomic E-state index is 12.9. The Labute approximate surface area is 192 Å². The summed E-state index contributed by atoms with van der Waals surface area (Å²) >= 11 is 0. The number of fused-ring (bicyclic) bond motifs is 1. The summed E-state index contributed by atoms with van der Waals surface area (Å²) in [5, 5.41) is 8.45. The van der Waals surface area contributed by atoms with Gasteiger partial charge >= 0.3 is 0 Å². The SMILES string of the molecule is Cn1ccc(-c2cn(C3CCC(C(=O)NC4CCN(CCN)CC4)O3)c3ncnc(N)c23)n1. The van der Waals surface area contributed by atoms with Crippen LogP contribution in [0.15, 0.2) is 24.8 Å². The average Bonchev–Trinajstić information content (AvgIpc) is 3.54. The van der Waals surface area contributed by atoms with E-state index in [0.717, 1.165) is 49.1 Å². The molecule has 2 unspecified atom stereocenters. The Morgan fingerprint density at radius 2 is 2.06 bits per heavy atom. The number of carbonyl (C=O) groups excluding carboxylic acids is 1. The molecule has 0 aromatic carbocycles. The Kier molecular flexibility index (Phi) is 6.00. The highest BCUT2D eigenvalue weighted by Crippen LogP contribution is 2.37. The van der Waals surface area contributed by atoms with Crippen LogP contribution in [-0.4, -0.2) is 73.4 Å². The van der Waals surface area contributed by atoms with Gasteiger partial charge in [0, 0.05) is 57.2 Å². The monoisotopic (exact) mass is 453 g/mol. The number of nitrogens with two attached hydrogens (primary N) is 2. The number of carbonyl (C=O) groups is 1. The zero-order valence-electron chi connectivity index (χ0n) is 18.9. The summed E-state index contributed by atoms with van der Waals surface area (Å²) < 4.78 is 9.91. The molecule has 5 N–H and O–H groups in total. The van der Waals surface area contributed by atoms with Crippen molar-refractivity contribution in [3.05, 3.63) is 24.8 Å². The topological polar surface area (TPSA) is 142 Å². The number of nitrogens with one attached hydrogen (secondary N) is 1. The second-order valence-corrected chi connectivity index (χ2v) is 8.85. The number of hydrogen-bond donors (Lipinski definition) is 3. The zero-order chi connectivity index (χ0) is 22.9. The Bertz CT molecular complexity index is 1130. The van der Waals surface area contributed by atoms with Crippen molar-refractivity contribution in [2.45, 2.75) is 44.1 Å². The molecule has 1 amide bonds. The number of piperidine rings is 1. The van der Waals surface area contributed by atoms with Crippen molar-refractivity contribution >= 4 is 22.8 Å². The Hall–Kier alpha value is -3.02. The van der Waals surface area contributed by atoms with Crippen molar-refractivity contribution in [3.63, 3.8) is 0 Å². The summed E-state index contributed by atoms with van der Waals surface area (Å²) in [6.45, 7) is 3.50. The van der Waals surface area contributed by atoms with Crippen LogP contribution in [0.2, 0.25) is 0 Å². The molecule has 2 aliphatic heterocycles. The van der Waals surface area contributed by atoms with Gasteiger partial charge in [-0.15, -0.1) is 0 Å². The molecule has 2 fully saturated rings. The highest BCUT2D eigenvalue weighted by Gasteiger charge is 2.34. The van der Waals surface area contributed by atoms with E-state index in [9.17, 15) is 4.79 Å². The third-order valence-electron chi connectivity index (χ3n) is 6.61. The summed E-state index contributed by atoms with van der Waals surface area (Å²) in [6.07, 6.45) is 7.74. The van der Waals surface area contributed by atoms with Gasteiger partial charge in [-0.1, -0.05) is 0 Å². The molecule has 2 atom stereocenters. The first-order chi connectivity index (χ1) is 16.0. The van der Waals surface area contributed by atoms with Crippen LogP contribution < -0.4 is 16.8 Å². The molecular formula is C22H31N9O2. The molecule has 3 aromatic heterocycles. The smallest absolute Gasteiger partial charge is 0.249 e. The van der Waals surface area contributed by atoms with Gasteiger partial charge in [0.05, 0.1) is 11.1 Å². The van der Waals surface area contributed by atoms with Crippen LogP contribution in [0.5, 0.6) is 0 Å². The van der Waals surface area contributed by atoms with E-state index in [4.69, 9.17) is 16.2 Å². The van der Waals surface area contributed by atoms with Gasteiger partial charge in [-0.25, -0.2) is 9.97 Å². The lowest BCUT2D eigenvalue weighted by atomic mass is 10.0. The minimum atomic E-state index is -0.480. The minimum Gasteiger partial charge on any atom is -0.383 e. The van der Waals surface area contributed by atoms with Crippen LogP contribution in [0, 0.1) is 0 Å². The number of aromatic nitrogens is 5.